The Morgan fingerprint density at radius 2 is 0.733 bits per heavy atom. The molecule has 5 aromatic rings. The van der Waals surface area contributed by atoms with Crippen molar-refractivity contribution in [1.82, 2.24) is 9.13 Å². The molecule has 5 rings (SSSR count). The minimum Gasteiger partial charge on any atom is -0.268 e. The monoisotopic (exact) mass is 432 g/mol. The molecule has 30 heavy (non-hydrogen) atoms. The van der Waals surface area contributed by atoms with E-state index in [9.17, 15) is 19.2 Å². The minimum absolute atomic E-state index is 0.0995. The molecule has 2 heterocycles. The number of hydrogen-bond donors (Lipinski definition) is 2. The Morgan fingerprint density at radius 3 is 1.00 bits per heavy atom. The molecule has 0 bridgehead atoms. The van der Waals surface area contributed by atoms with Gasteiger partial charge in [0.05, 0.1) is 32.9 Å². The van der Waals surface area contributed by atoms with Gasteiger partial charge in [0, 0.05) is 9.79 Å². The quantitative estimate of drug-likeness (QED) is 0.420. The number of hydrogen-bond acceptors (Lipinski definition) is 6. The number of benzene rings is 3. The van der Waals surface area contributed by atoms with E-state index in [2.05, 4.69) is 25.3 Å². The van der Waals surface area contributed by atoms with Gasteiger partial charge < -0.3 is 0 Å². The second-order valence-corrected chi connectivity index (χ2v) is 7.90. The lowest BCUT2D eigenvalue weighted by molar-refractivity contribution is 0.985. The Kier molecular flexibility index (Phi) is 4.09. The molecule has 0 unspecified atom stereocenters. The van der Waals surface area contributed by atoms with Gasteiger partial charge in [-0.3, -0.25) is 19.2 Å². The first-order chi connectivity index (χ1) is 14.4. The fourth-order valence-corrected chi connectivity index (χ4v) is 3.94. The summed E-state index contributed by atoms with van der Waals surface area (Å²) in [7, 11) is 0. The van der Waals surface area contributed by atoms with Crippen LogP contribution in [0.3, 0.4) is 0 Å². The van der Waals surface area contributed by atoms with E-state index >= 15 is 0 Å². The summed E-state index contributed by atoms with van der Waals surface area (Å²) in [4.78, 5) is 53.1. The van der Waals surface area contributed by atoms with E-state index in [1.807, 2.05) is 0 Å². The van der Waals surface area contributed by atoms with Gasteiger partial charge in [-0.05, 0) is 60.7 Å². The molecule has 0 saturated carbocycles. The van der Waals surface area contributed by atoms with Crippen LogP contribution in [0.1, 0.15) is 0 Å². The SMILES string of the molecule is O=c1c2cc3c(=O)n(-c4ccc(S)cc4)c(=O)c3cc2c(=O)n1-c1ccc(S)cc1. The van der Waals surface area contributed by atoms with Crippen LogP contribution in [0, 0.1) is 0 Å². The smallest absolute Gasteiger partial charge is 0.266 e. The second kappa shape index (κ2) is 6.58. The first-order valence-corrected chi connectivity index (χ1v) is 9.80. The van der Waals surface area contributed by atoms with Crippen molar-refractivity contribution < 1.29 is 0 Å². The normalized spacial score (nSPS) is 11.5. The molecule has 2 aromatic heterocycles. The van der Waals surface area contributed by atoms with Crippen LogP contribution < -0.4 is 22.2 Å². The summed E-state index contributed by atoms with van der Waals surface area (Å²) >= 11 is 8.41. The number of fused-ring (bicyclic) bond motifs is 2. The lowest BCUT2D eigenvalue weighted by Crippen LogP contribution is -2.24. The molecule has 6 nitrogen and oxygen atoms in total. The van der Waals surface area contributed by atoms with Crippen LogP contribution >= 0.6 is 25.3 Å². The largest absolute Gasteiger partial charge is 0.268 e. The van der Waals surface area contributed by atoms with Crippen molar-refractivity contribution in [3.8, 4) is 11.4 Å². The molecule has 0 atom stereocenters. The second-order valence-electron chi connectivity index (χ2n) is 6.87. The van der Waals surface area contributed by atoms with Crippen LogP contribution in [-0.2, 0) is 0 Å². The highest BCUT2D eigenvalue weighted by Gasteiger charge is 2.20. The van der Waals surface area contributed by atoms with E-state index < -0.39 is 22.2 Å². The Hall–Kier alpha value is -3.36. The third kappa shape index (κ3) is 2.61. The van der Waals surface area contributed by atoms with Crippen molar-refractivity contribution >= 4 is 46.8 Å². The van der Waals surface area contributed by atoms with Gasteiger partial charge in [-0.2, -0.15) is 0 Å². The zero-order chi connectivity index (χ0) is 21.2. The fourth-order valence-electron chi connectivity index (χ4n) is 3.65. The van der Waals surface area contributed by atoms with Crippen LogP contribution in [-0.4, -0.2) is 9.13 Å². The Balaban J connectivity index is 1.83. The maximum atomic E-state index is 12.9. The highest BCUT2D eigenvalue weighted by Crippen LogP contribution is 2.18. The van der Waals surface area contributed by atoms with E-state index in [1.54, 1.807) is 48.5 Å². The van der Waals surface area contributed by atoms with E-state index in [4.69, 9.17) is 0 Å². The Labute approximate surface area is 179 Å². The van der Waals surface area contributed by atoms with Crippen LogP contribution in [0.15, 0.2) is 89.6 Å². The average molecular weight is 432 g/mol. The molecule has 0 N–H and O–H groups in total. The minimum atomic E-state index is -0.539. The molecule has 3 aromatic carbocycles. The molecule has 0 radical (unpaired) electrons. The summed E-state index contributed by atoms with van der Waals surface area (Å²) in [6, 6.07) is 15.8. The van der Waals surface area contributed by atoms with E-state index in [0.29, 0.717) is 21.2 Å². The number of rotatable bonds is 2. The van der Waals surface area contributed by atoms with Crippen molar-refractivity contribution in [3.63, 3.8) is 0 Å². The number of aromatic nitrogens is 2. The maximum Gasteiger partial charge on any atom is 0.266 e. The summed E-state index contributed by atoms with van der Waals surface area (Å²) in [5.74, 6) is 0. The molecule has 8 heteroatoms. The van der Waals surface area contributed by atoms with Crippen molar-refractivity contribution in [2.45, 2.75) is 9.79 Å². The van der Waals surface area contributed by atoms with Gasteiger partial charge >= 0.3 is 0 Å². The molecule has 0 amide bonds. The van der Waals surface area contributed by atoms with Gasteiger partial charge in [-0.25, -0.2) is 9.13 Å². The Bertz CT molecular complexity index is 1470. The predicted octanol–water partition coefficient (Wildman–Crippen LogP) is 2.47. The Morgan fingerprint density at radius 1 is 0.467 bits per heavy atom. The van der Waals surface area contributed by atoms with E-state index in [0.717, 1.165) is 9.13 Å². The van der Waals surface area contributed by atoms with E-state index in [1.165, 1.54) is 12.1 Å². The molecule has 0 aliphatic heterocycles. The van der Waals surface area contributed by atoms with Gasteiger partial charge in [-0.15, -0.1) is 25.3 Å². The third-order valence-electron chi connectivity index (χ3n) is 5.11. The molecule has 146 valence electrons. The summed E-state index contributed by atoms with van der Waals surface area (Å²) < 4.78 is 2.07. The van der Waals surface area contributed by atoms with Crippen molar-refractivity contribution in [2.75, 3.05) is 0 Å². The van der Waals surface area contributed by atoms with Crippen LogP contribution in [0.2, 0.25) is 0 Å². The van der Waals surface area contributed by atoms with Gasteiger partial charge in [-0.1, -0.05) is 0 Å². The molecule has 0 aliphatic rings. The highest BCUT2D eigenvalue weighted by molar-refractivity contribution is 7.80. The van der Waals surface area contributed by atoms with Crippen molar-refractivity contribution in [3.05, 3.63) is 102 Å². The summed E-state index contributed by atoms with van der Waals surface area (Å²) in [6.45, 7) is 0. The first-order valence-electron chi connectivity index (χ1n) is 8.90. The topological polar surface area (TPSA) is 78.1 Å². The molecule has 0 fully saturated rings. The average Bonchev–Trinajstić information content (AvgIpc) is 3.13. The fraction of sp³-hybridized carbons (Fsp3) is 0. The third-order valence-corrected chi connectivity index (χ3v) is 5.70. The lowest BCUT2D eigenvalue weighted by Gasteiger charge is -2.00. The maximum absolute atomic E-state index is 12.9. The standard InChI is InChI=1S/C22H12N2O4S2/c25-19-15-9-17-18(22(28)24(21(17)27)12-3-7-14(30)8-4-12)10-16(15)20(26)23(19)11-1-5-13(29)6-2-11/h1-10,29-30H. The van der Waals surface area contributed by atoms with Crippen LogP contribution in [0.4, 0.5) is 0 Å². The number of nitrogens with zero attached hydrogens (tertiary/aromatic N) is 2. The lowest BCUT2D eigenvalue weighted by atomic mass is 10.1. The highest BCUT2D eigenvalue weighted by atomic mass is 32.1. The van der Waals surface area contributed by atoms with Crippen LogP contribution in [0.25, 0.3) is 32.9 Å². The molecule has 0 spiro atoms. The first kappa shape index (κ1) is 18.7. The van der Waals surface area contributed by atoms with E-state index in [-0.39, 0.29) is 21.5 Å². The van der Waals surface area contributed by atoms with Gasteiger partial charge in [0.1, 0.15) is 0 Å². The molecule has 0 saturated heterocycles. The number of thiol groups is 2. The van der Waals surface area contributed by atoms with Gasteiger partial charge in [0.25, 0.3) is 22.2 Å². The zero-order valence-electron chi connectivity index (χ0n) is 15.2. The van der Waals surface area contributed by atoms with Gasteiger partial charge in [0.15, 0.2) is 0 Å². The van der Waals surface area contributed by atoms with Crippen LogP contribution in [0.5, 0.6) is 0 Å². The van der Waals surface area contributed by atoms with Gasteiger partial charge in [0.2, 0.25) is 0 Å². The molecular formula is C22H12N2O4S2. The van der Waals surface area contributed by atoms with Crippen molar-refractivity contribution in [1.29, 1.82) is 0 Å². The van der Waals surface area contributed by atoms with Crippen molar-refractivity contribution in [2.24, 2.45) is 0 Å². The predicted molar refractivity (Wildman–Crippen MR) is 122 cm³/mol. The summed E-state index contributed by atoms with van der Waals surface area (Å²) in [5, 5.41) is 0.398. The summed E-state index contributed by atoms with van der Waals surface area (Å²) in [6.07, 6.45) is 0. The molecular weight excluding hydrogens is 420 g/mol. The summed E-state index contributed by atoms with van der Waals surface area (Å²) in [5.41, 5.74) is -1.37. The zero-order valence-corrected chi connectivity index (χ0v) is 17.0. The molecule has 0 aliphatic carbocycles.